The Kier molecular flexibility index (Phi) is 2.49. The molecule has 0 aliphatic heterocycles. The van der Waals surface area contributed by atoms with Gasteiger partial charge in [-0.2, -0.15) is 10.2 Å². The van der Waals surface area contributed by atoms with Crippen LogP contribution in [0.1, 0.15) is 16.1 Å². The molecule has 1 aromatic carbocycles. The van der Waals surface area contributed by atoms with Gasteiger partial charge in [-0.25, -0.2) is 4.68 Å². The molecule has 88 valence electrons. The van der Waals surface area contributed by atoms with E-state index in [-0.39, 0.29) is 5.78 Å². The SMILES string of the molecule is O=C(c1cnn(-c2ccccc2)c1)c1ccn[nH]1. The highest BCUT2D eigenvalue weighted by Gasteiger charge is 2.12. The highest BCUT2D eigenvalue weighted by molar-refractivity contribution is 6.07. The van der Waals surface area contributed by atoms with Crippen LogP contribution >= 0.6 is 0 Å². The fourth-order valence-electron chi connectivity index (χ4n) is 1.70. The van der Waals surface area contributed by atoms with Crippen LogP contribution in [0.15, 0.2) is 55.0 Å². The Labute approximate surface area is 103 Å². The van der Waals surface area contributed by atoms with Crippen LogP contribution in [0.4, 0.5) is 0 Å². The third-order valence-corrected chi connectivity index (χ3v) is 2.61. The molecule has 0 aliphatic rings. The molecule has 0 aliphatic carbocycles. The minimum absolute atomic E-state index is 0.116. The van der Waals surface area contributed by atoms with Crippen molar-refractivity contribution in [2.24, 2.45) is 0 Å². The molecule has 3 rings (SSSR count). The maximum absolute atomic E-state index is 12.0. The van der Waals surface area contributed by atoms with E-state index in [0.29, 0.717) is 11.3 Å². The number of hydrogen-bond donors (Lipinski definition) is 1. The molecule has 0 atom stereocenters. The second kappa shape index (κ2) is 4.29. The fourth-order valence-corrected chi connectivity index (χ4v) is 1.70. The van der Waals surface area contributed by atoms with Crippen molar-refractivity contribution in [1.29, 1.82) is 0 Å². The molecule has 2 aromatic heterocycles. The lowest BCUT2D eigenvalue weighted by Crippen LogP contribution is -2.00. The maximum atomic E-state index is 12.0. The first-order chi connectivity index (χ1) is 8.84. The van der Waals surface area contributed by atoms with Crippen molar-refractivity contribution < 1.29 is 4.79 Å². The molecule has 3 aromatic rings. The molecule has 0 bridgehead atoms. The molecule has 0 amide bonds. The molecule has 18 heavy (non-hydrogen) atoms. The Hall–Kier alpha value is -2.69. The van der Waals surface area contributed by atoms with Gasteiger partial charge in [-0.15, -0.1) is 0 Å². The van der Waals surface area contributed by atoms with E-state index in [1.54, 1.807) is 29.3 Å². The highest BCUT2D eigenvalue weighted by atomic mass is 16.1. The first kappa shape index (κ1) is 10.5. The van der Waals surface area contributed by atoms with Crippen LogP contribution in [0, 0.1) is 0 Å². The third kappa shape index (κ3) is 1.82. The zero-order valence-electron chi connectivity index (χ0n) is 9.45. The molecule has 5 heteroatoms. The lowest BCUT2D eigenvalue weighted by molar-refractivity contribution is 0.103. The summed E-state index contributed by atoms with van der Waals surface area (Å²) >= 11 is 0. The number of hydrogen-bond acceptors (Lipinski definition) is 3. The van der Waals surface area contributed by atoms with Crippen molar-refractivity contribution in [3.05, 3.63) is 66.2 Å². The van der Waals surface area contributed by atoms with Crippen LogP contribution in [0.2, 0.25) is 0 Å². The fraction of sp³-hybridized carbons (Fsp3) is 0. The number of carbonyl (C=O) groups is 1. The number of nitrogens with zero attached hydrogens (tertiary/aromatic N) is 3. The van der Waals surface area contributed by atoms with E-state index in [4.69, 9.17) is 0 Å². The minimum atomic E-state index is -0.116. The number of rotatable bonds is 3. The predicted octanol–water partition coefficient (Wildman–Crippen LogP) is 1.83. The van der Waals surface area contributed by atoms with Gasteiger partial charge in [0, 0.05) is 12.4 Å². The van der Waals surface area contributed by atoms with E-state index in [1.165, 1.54) is 0 Å². The normalized spacial score (nSPS) is 10.4. The molecule has 0 spiro atoms. The number of ketones is 1. The van der Waals surface area contributed by atoms with Crippen molar-refractivity contribution in [1.82, 2.24) is 20.0 Å². The molecular formula is C13H10N4O. The van der Waals surface area contributed by atoms with Crippen molar-refractivity contribution in [3.63, 3.8) is 0 Å². The van der Waals surface area contributed by atoms with Gasteiger partial charge >= 0.3 is 0 Å². The van der Waals surface area contributed by atoms with Crippen LogP contribution < -0.4 is 0 Å². The van der Waals surface area contributed by atoms with Gasteiger partial charge in [-0.3, -0.25) is 9.89 Å². The number of benzene rings is 1. The summed E-state index contributed by atoms with van der Waals surface area (Å²) in [5.41, 5.74) is 1.91. The van der Waals surface area contributed by atoms with E-state index in [0.717, 1.165) is 5.69 Å². The Morgan fingerprint density at radius 3 is 2.72 bits per heavy atom. The standard InChI is InChI=1S/C13H10N4O/c18-13(12-6-7-14-16-12)10-8-15-17(9-10)11-4-2-1-3-5-11/h1-9H,(H,14,16). The Morgan fingerprint density at radius 1 is 1.17 bits per heavy atom. The molecule has 0 unspecified atom stereocenters. The lowest BCUT2D eigenvalue weighted by Gasteiger charge is -1.98. The van der Waals surface area contributed by atoms with Crippen molar-refractivity contribution in [2.75, 3.05) is 0 Å². The highest BCUT2D eigenvalue weighted by Crippen LogP contribution is 2.10. The molecule has 2 heterocycles. The summed E-state index contributed by atoms with van der Waals surface area (Å²) in [5, 5.41) is 10.6. The van der Waals surface area contributed by atoms with Crippen LogP contribution in [0.25, 0.3) is 5.69 Å². The van der Waals surface area contributed by atoms with Gasteiger partial charge < -0.3 is 0 Å². The molecule has 5 nitrogen and oxygen atoms in total. The van der Waals surface area contributed by atoms with Crippen LogP contribution in [-0.4, -0.2) is 25.8 Å². The monoisotopic (exact) mass is 238 g/mol. The van der Waals surface area contributed by atoms with Gasteiger partial charge in [0.15, 0.2) is 0 Å². The van der Waals surface area contributed by atoms with E-state index in [1.807, 2.05) is 30.3 Å². The molecule has 0 saturated heterocycles. The summed E-state index contributed by atoms with van der Waals surface area (Å²) in [5.74, 6) is -0.116. The Morgan fingerprint density at radius 2 is 2.00 bits per heavy atom. The molecular weight excluding hydrogens is 228 g/mol. The van der Waals surface area contributed by atoms with Crippen LogP contribution in [0.3, 0.4) is 0 Å². The van der Waals surface area contributed by atoms with Gasteiger partial charge in [0.05, 0.1) is 17.4 Å². The minimum Gasteiger partial charge on any atom is -0.287 e. The summed E-state index contributed by atoms with van der Waals surface area (Å²) in [6.07, 6.45) is 4.81. The summed E-state index contributed by atoms with van der Waals surface area (Å²) in [7, 11) is 0. The summed E-state index contributed by atoms with van der Waals surface area (Å²) in [6.45, 7) is 0. The maximum Gasteiger partial charge on any atom is 0.213 e. The molecule has 0 fully saturated rings. The van der Waals surface area contributed by atoms with Crippen molar-refractivity contribution in [2.45, 2.75) is 0 Å². The zero-order valence-corrected chi connectivity index (χ0v) is 9.45. The first-order valence-electron chi connectivity index (χ1n) is 5.49. The average Bonchev–Trinajstić information content (AvgIpc) is 3.10. The van der Waals surface area contributed by atoms with Crippen molar-refractivity contribution in [3.8, 4) is 5.69 Å². The van der Waals surface area contributed by atoms with Gasteiger partial charge in [-0.05, 0) is 18.2 Å². The number of aromatic amines is 1. The summed E-state index contributed by atoms with van der Waals surface area (Å²) in [6, 6.07) is 11.3. The van der Waals surface area contributed by atoms with Crippen LogP contribution in [-0.2, 0) is 0 Å². The number of carbonyl (C=O) groups excluding carboxylic acids is 1. The first-order valence-corrected chi connectivity index (χ1v) is 5.49. The second-order valence-electron chi connectivity index (χ2n) is 3.81. The summed E-state index contributed by atoms with van der Waals surface area (Å²) in [4.78, 5) is 12.0. The Bertz CT molecular complexity index is 655. The van der Waals surface area contributed by atoms with Crippen LogP contribution in [0.5, 0.6) is 0 Å². The summed E-state index contributed by atoms with van der Waals surface area (Å²) < 4.78 is 1.67. The number of nitrogens with one attached hydrogen (secondary N) is 1. The zero-order chi connectivity index (χ0) is 12.4. The molecule has 0 radical (unpaired) electrons. The quantitative estimate of drug-likeness (QED) is 0.708. The molecule has 1 N–H and O–H groups in total. The topological polar surface area (TPSA) is 63.6 Å². The lowest BCUT2D eigenvalue weighted by atomic mass is 10.2. The van der Waals surface area contributed by atoms with E-state index >= 15 is 0 Å². The predicted molar refractivity (Wildman–Crippen MR) is 65.6 cm³/mol. The number of H-pyrrole nitrogens is 1. The number of aromatic nitrogens is 4. The van der Waals surface area contributed by atoms with E-state index < -0.39 is 0 Å². The smallest absolute Gasteiger partial charge is 0.213 e. The third-order valence-electron chi connectivity index (χ3n) is 2.61. The largest absolute Gasteiger partial charge is 0.287 e. The number of para-hydroxylation sites is 1. The van der Waals surface area contributed by atoms with E-state index in [2.05, 4.69) is 15.3 Å². The van der Waals surface area contributed by atoms with Gasteiger partial charge in [0.1, 0.15) is 5.69 Å². The van der Waals surface area contributed by atoms with Crippen molar-refractivity contribution >= 4 is 5.78 Å². The van der Waals surface area contributed by atoms with Gasteiger partial charge in [0.2, 0.25) is 5.78 Å². The van der Waals surface area contributed by atoms with E-state index in [9.17, 15) is 4.79 Å². The van der Waals surface area contributed by atoms with Gasteiger partial charge in [0.25, 0.3) is 0 Å². The Balaban J connectivity index is 1.93. The van der Waals surface area contributed by atoms with Gasteiger partial charge in [-0.1, -0.05) is 18.2 Å². The second-order valence-corrected chi connectivity index (χ2v) is 3.81. The average molecular weight is 238 g/mol. The molecule has 0 saturated carbocycles.